The lowest BCUT2D eigenvalue weighted by Crippen LogP contribution is -2.36. The number of carbonyl (C=O) groups excluding carboxylic acids is 1. The van der Waals surface area contributed by atoms with Gasteiger partial charge in [-0.05, 0) is 50.3 Å². The fourth-order valence-electron chi connectivity index (χ4n) is 2.00. The van der Waals surface area contributed by atoms with Crippen molar-refractivity contribution in [3.05, 3.63) is 22.4 Å². The highest BCUT2D eigenvalue weighted by Gasteiger charge is 2.17. The summed E-state index contributed by atoms with van der Waals surface area (Å²) in [7, 11) is 2.15. The molecule has 0 radical (unpaired) electrons. The van der Waals surface area contributed by atoms with Gasteiger partial charge in [-0.2, -0.15) is 11.3 Å². The van der Waals surface area contributed by atoms with Crippen LogP contribution in [0.15, 0.2) is 16.8 Å². The zero-order valence-corrected chi connectivity index (χ0v) is 10.4. The Bertz CT molecular complexity index is 329. The Hall–Kier alpha value is -0.870. The Balaban J connectivity index is 1.73. The third kappa shape index (κ3) is 3.06. The van der Waals surface area contributed by atoms with Gasteiger partial charge in [0.1, 0.15) is 0 Å². The van der Waals surface area contributed by atoms with Crippen LogP contribution in [0.5, 0.6) is 0 Å². The first-order chi connectivity index (χ1) is 7.75. The van der Waals surface area contributed by atoms with Gasteiger partial charge in [-0.25, -0.2) is 0 Å². The summed E-state index contributed by atoms with van der Waals surface area (Å²) in [5, 5.41) is 6.85. The lowest BCUT2D eigenvalue weighted by atomic mass is 9.97. The Morgan fingerprint density at radius 3 is 2.94 bits per heavy atom. The van der Waals surface area contributed by atoms with Crippen molar-refractivity contribution in [2.75, 3.05) is 26.7 Å². The quantitative estimate of drug-likeness (QED) is 0.871. The fraction of sp³-hybridized carbons (Fsp3) is 0.583. The van der Waals surface area contributed by atoms with E-state index in [-0.39, 0.29) is 5.91 Å². The number of carbonyl (C=O) groups is 1. The minimum absolute atomic E-state index is 0.0696. The number of hydrogen-bond donors (Lipinski definition) is 1. The van der Waals surface area contributed by atoms with E-state index in [4.69, 9.17) is 0 Å². The summed E-state index contributed by atoms with van der Waals surface area (Å²) in [5.41, 5.74) is 0.790. The van der Waals surface area contributed by atoms with Crippen LogP contribution in [-0.2, 0) is 0 Å². The summed E-state index contributed by atoms with van der Waals surface area (Å²) in [6.07, 6.45) is 2.39. The molecule has 88 valence electrons. The molecule has 1 aromatic rings. The smallest absolute Gasteiger partial charge is 0.252 e. The number of rotatable bonds is 3. The third-order valence-corrected chi connectivity index (χ3v) is 3.86. The second-order valence-electron chi connectivity index (χ2n) is 4.47. The van der Waals surface area contributed by atoms with Crippen molar-refractivity contribution in [3.8, 4) is 0 Å². The normalized spacial score (nSPS) is 18.6. The van der Waals surface area contributed by atoms with E-state index in [2.05, 4.69) is 17.3 Å². The van der Waals surface area contributed by atoms with Crippen molar-refractivity contribution >= 4 is 17.2 Å². The van der Waals surface area contributed by atoms with Crippen molar-refractivity contribution in [2.45, 2.75) is 12.8 Å². The maximum absolute atomic E-state index is 11.7. The lowest BCUT2D eigenvalue weighted by Gasteiger charge is -2.28. The van der Waals surface area contributed by atoms with Gasteiger partial charge < -0.3 is 10.2 Å². The Morgan fingerprint density at radius 1 is 1.56 bits per heavy atom. The molecule has 1 saturated heterocycles. The van der Waals surface area contributed by atoms with Gasteiger partial charge in [0, 0.05) is 17.5 Å². The van der Waals surface area contributed by atoms with E-state index in [1.165, 1.54) is 12.8 Å². The maximum Gasteiger partial charge on any atom is 0.252 e. The number of nitrogens with one attached hydrogen (secondary N) is 1. The Morgan fingerprint density at radius 2 is 2.31 bits per heavy atom. The second-order valence-corrected chi connectivity index (χ2v) is 5.25. The van der Waals surface area contributed by atoms with Gasteiger partial charge in [0.2, 0.25) is 0 Å². The van der Waals surface area contributed by atoms with Crippen LogP contribution in [0.4, 0.5) is 0 Å². The standard InChI is InChI=1S/C12H18N2OS/c1-14-5-2-10(3-6-14)8-13-12(15)11-4-7-16-9-11/h4,7,9-10H,2-3,5-6,8H2,1H3,(H,13,15). The van der Waals surface area contributed by atoms with Crippen LogP contribution >= 0.6 is 11.3 Å². The zero-order chi connectivity index (χ0) is 11.4. The van der Waals surface area contributed by atoms with Crippen LogP contribution in [0.25, 0.3) is 0 Å². The molecular weight excluding hydrogens is 220 g/mol. The molecule has 0 atom stereocenters. The second kappa shape index (κ2) is 5.46. The third-order valence-electron chi connectivity index (χ3n) is 3.17. The molecule has 1 fully saturated rings. The van der Waals surface area contributed by atoms with Gasteiger partial charge >= 0.3 is 0 Å². The minimum Gasteiger partial charge on any atom is -0.352 e. The summed E-state index contributed by atoms with van der Waals surface area (Å²) in [4.78, 5) is 14.0. The molecule has 0 spiro atoms. The molecule has 16 heavy (non-hydrogen) atoms. The minimum atomic E-state index is 0.0696. The van der Waals surface area contributed by atoms with Crippen LogP contribution < -0.4 is 5.32 Å². The lowest BCUT2D eigenvalue weighted by molar-refractivity contribution is 0.0939. The monoisotopic (exact) mass is 238 g/mol. The van der Waals surface area contributed by atoms with Crippen LogP contribution in [0, 0.1) is 5.92 Å². The molecule has 2 rings (SSSR count). The predicted molar refractivity (Wildman–Crippen MR) is 66.9 cm³/mol. The molecular formula is C12H18N2OS. The molecule has 0 unspecified atom stereocenters. The highest BCUT2D eigenvalue weighted by atomic mass is 32.1. The van der Waals surface area contributed by atoms with Crippen molar-refractivity contribution in [1.82, 2.24) is 10.2 Å². The molecule has 1 aromatic heterocycles. The van der Waals surface area contributed by atoms with Crippen LogP contribution in [0.2, 0.25) is 0 Å². The van der Waals surface area contributed by atoms with Gasteiger partial charge in [-0.1, -0.05) is 0 Å². The summed E-state index contributed by atoms with van der Waals surface area (Å²) < 4.78 is 0. The molecule has 0 aliphatic carbocycles. The van der Waals surface area contributed by atoms with E-state index in [9.17, 15) is 4.79 Å². The number of piperidine rings is 1. The molecule has 1 amide bonds. The molecule has 2 heterocycles. The van der Waals surface area contributed by atoms with Gasteiger partial charge in [0.05, 0.1) is 0 Å². The van der Waals surface area contributed by atoms with Gasteiger partial charge in [0.15, 0.2) is 0 Å². The summed E-state index contributed by atoms with van der Waals surface area (Å²) in [6.45, 7) is 3.13. The molecule has 0 aromatic carbocycles. The molecule has 0 saturated carbocycles. The van der Waals surface area contributed by atoms with Gasteiger partial charge in [-0.15, -0.1) is 0 Å². The Labute approximate surface area is 100 Å². The maximum atomic E-state index is 11.7. The number of hydrogen-bond acceptors (Lipinski definition) is 3. The SMILES string of the molecule is CN1CCC(CNC(=O)c2ccsc2)CC1. The summed E-state index contributed by atoms with van der Waals surface area (Å²) in [5.74, 6) is 0.721. The van der Waals surface area contributed by atoms with E-state index in [1.807, 2.05) is 16.8 Å². The average Bonchev–Trinajstić information content (AvgIpc) is 2.81. The molecule has 0 bridgehead atoms. The first-order valence-corrected chi connectivity index (χ1v) is 6.69. The first-order valence-electron chi connectivity index (χ1n) is 5.74. The predicted octanol–water partition coefficient (Wildman–Crippen LogP) is 1.82. The Kier molecular flexibility index (Phi) is 3.96. The van der Waals surface area contributed by atoms with Crippen molar-refractivity contribution in [1.29, 1.82) is 0 Å². The molecule has 1 aliphatic rings. The first kappa shape index (κ1) is 11.6. The zero-order valence-electron chi connectivity index (χ0n) is 9.61. The van der Waals surface area contributed by atoms with E-state index in [1.54, 1.807) is 11.3 Å². The number of likely N-dealkylation sites (tertiary alicyclic amines) is 1. The van der Waals surface area contributed by atoms with Crippen molar-refractivity contribution < 1.29 is 4.79 Å². The van der Waals surface area contributed by atoms with Crippen LogP contribution in [0.1, 0.15) is 23.2 Å². The van der Waals surface area contributed by atoms with Gasteiger partial charge in [0.25, 0.3) is 5.91 Å². The van der Waals surface area contributed by atoms with Crippen molar-refractivity contribution in [3.63, 3.8) is 0 Å². The van der Waals surface area contributed by atoms with Crippen LogP contribution in [-0.4, -0.2) is 37.5 Å². The molecule has 1 N–H and O–H groups in total. The summed E-state index contributed by atoms with van der Waals surface area (Å²) in [6, 6.07) is 1.87. The molecule has 3 nitrogen and oxygen atoms in total. The van der Waals surface area contributed by atoms with E-state index in [0.717, 1.165) is 25.2 Å². The molecule has 4 heteroatoms. The highest BCUT2D eigenvalue weighted by Crippen LogP contribution is 2.15. The largest absolute Gasteiger partial charge is 0.352 e. The fourth-order valence-corrected chi connectivity index (χ4v) is 2.63. The molecule has 1 aliphatic heterocycles. The average molecular weight is 238 g/mol. The summed E-state index contributed by atoms with van der Waals surface area (Å²) >= 11 is 1.56. The number of amides is 1. The van der Waals surface area contributed by atoms with Gasteiger partial charge in [-0.3, -0.25) is 4.79 Å². The topological polar surface area (TPSA) is 32.3 Å². The number of nitrogens with zero attached hydrogens (tertiary/aromatic N) is 1. The van der Waals surface area contributed by atoms with E-state index >= 15 is 0 Å². The van der Waals surface area contributed by atoms with E-state index in [0.29, 0.717) is 5.92 Å². The van der Waals surface area contributed by atoms with Crippen molar-refractivity contribution in [2.24, 2.45) is 5.92 Å². The highest BCUT2D eigenvalue weighted by molar-refractivity contribution is 7.08. The number of thiophene rings is 1. The van der Waals surface area contributed by atoms with E-state index < -0.39 is 0 Å². The van der Waals surface area contributed by atoms with Crippen LogP contribution in [0.3, 0.4) is 0 Å².